The first-order valence-electron chi connectivity index (χ1n) is 4.03. The van der Waals surface area contributed by atoms with Gasteiger partial charge < -0.3 is 0 Å². The zero-order chi connectivity index (χ0) is 11.9. The summed E-state index contributed by atoms with van der Waals surface area (Å²) in [6.45, 7) is 0. The van der Waals surface area contributed by atoms with E-state index in [0.29, 0.717) is 0 Å². The number of halogens is 4. The molecule has 0 aromatic heterocycles. The van der Waals surface area contributed by atoms with Gasteiger partial charge in [0.1, 0.15) is 5.92 Å². The molecule has 0 aromatic rings. The molecular weight excluding hydrogens is 255 g/mol. The maximum absolute atomic E-state index is 12.2. The average Bonchev–Trinajstić information content (AvgIpc) is 2.76. The van der Waals surface area contributed by atoms with Gasteiger partial charge in [-0.1, -0.05) is 0 Å². The Morgan fingerprint density at radius 1 is 1.47 bits per heavy atom. The molecule has 0 amide bonds. The lowest BCUT2D eigenvalue weighted by Crippen LogP contribution is -2.30. The SMILES string of the molecule is N#CC(CC1(S(=O)(=O)Cl)CC1)C(F)(F)F. The molecule has 86 valence electrons. The van der Waals surface area contributed by atoms with E-state index in [0.717, 1.165) is 6.07 Å². The summed E-state index contributed by atoms with van der Waals surface area (Å²) in [5.41, 5.74) is 0. The smallest absolute Gasteiger partial charge is 0.212 e. The van der Waals surface area contributed by atoms with E-state index < -0.39 is 32.3 Å². The molecule has 1 atom stereocenters. The summed E-state index contributed by atoms with van der Waals surface area (Å²) in [5.74, 6) is -2.27. The Hall–Kier alpha value is -0.480. The maximum Gasteiger partial charge on any atom is 0.404 e. The van der Waals surface area contributed by atoms with Gasteiger partial charge in [-0.25, -0.2) is 8.42 Å². The minimum Gasteiger partial charge on any atom is -0.212 e. The van der Waals surface area contributed by atoms with Crippen LogP contribution in [-0.2, 0) is 9.05 Å². The summed E-state index contributed by atoms with van der Waals surface area (Å²) in [4.78, 5) is 0. The third kappa shape index (κ3) is 2.55. The highest BCUT2D eigenvalue weighted by Gasteiger charge is 2.58. The standard InChI is InChI=1S/C7H7ClF3NO2S/c8-15(13,14)6(1-2-6)3-5(4-12)7(9,10)11/h5H,1-3H2. The number of hydrogen-bond donors (Lipinski definition) is 0. The zero-order valence-electron chi connectivity index (χ0n) is 7.38. The highest BCUT2D eigenvalue weighted by molar-refractivity contribution is 8.15. The van der Waals surface area contributed by atoms with E-state index in [1.165, 1.54) is 0 Å². The highest BCUT2D eigenvalue weighted by Crippen LogP contribution is 2.52. The summed E-state index contributed by atoms with van der Waals surface area (Å²) in [7, 11) is 0.998. The highest BCUT2D eigenvalue weighted by atomic mass is 35.7. The van der Waals surface area contributed by atoms with Crippen LogP contribution in [-0.4, -0.2) is 19.3 Å². The first kappa shape index (κ1) is 12.6. The molecule has 3 nitrogen and oxygen atoms in total. The summed E-state index contributed by atoms with van der Waals surface area (Å²) < 4.78 is 57.0. The number of alkyl halides is 3. The molecule has 0 aliphatic heterocycles. The summed E-state index contributed by atoms with van der Waals surface area (Å²) in [6.07, 6.45) is -5.29. The zero-order valence-corrected chi connectivity index (χ0v) is 8.95. The van der Waals surface area contributed by atoms with Gasteiger partial charge in [-0.2, -0.15) is 18.4 Å². The molecule has 1 saturated carbocycles. The van der Waals surface area contributed by atoms with Crippen molar-refractivity contribution in [1.29, 1.82) is 5.26 Å². The molecule has 0 bridgehead atoms. The monoisotopic (exact) mass is 261 g/mol. The van der Waals surface area contributed by atoms with Gasteiger partial charge in [0, 0.05) is 10.7 Å². The minimum atomic E-state index is -4.70. The number of nitriles is 1. The molecular formula is C7H7ClF3NO2S. The van der Waals surface area contributed by atoms with Gasteiger partial charge in [-0.15, -0.1) is 0 Å². The Labute approximate surface area is 89.2 Å². The molecule has 0 radical (unpaired) electrons. The largest absolute Gasteiger partial charge is 0.404 e. The fourth-order valence-corrected chi connectivity index (χ4v) is 2.90. The van der Waals surface area contributed by atoms with E-state index in [2.05, 4.69) is 0 Å². The van der Waals surface area contributed by atoms with Gasteiger partial charge in [0.15, 0.2) is 0 Å². The van der Waals surface area contributed by atoms with E-state index in [4.69, 9.17) is 15.9 Å². The van der Waals surface area contributed by atoms with Crippen LogP contribution >= 0.6 is 10.7 Å². The van der Waals surface area contributed by atoms with Crippen LogP contribution in [0.1, 0.15) is 19.3 Å². The second kappa shape index (κ2) is 3.52. The molecule has 1 rings (SSSR count). The van der Waals surface area contributed by atoms with Gasteiger partial charge in [-0.05, 0) is 19.3 Å². The number of rotatable bonds is 3. The fourth-order valence-electron chi connectivity index (χ4n) is 1.29. The second-order valence-electron chi connectivity index (χ2n) is 3.55. The van der Waals surface area contributed by atoms with Crippen LogP contribution in [0.2, 0.25) is 0 Å². The molecule has 1 unspecified atom stereocenters. The van der Waals surface area contributed by atoms with Gasteiger partial charge in [0.25, 0.3) is 0 Å². The summed E-state index contributed by atoms with van der Waals surface area (Å²) in [5, 5.41) is 8.31. The third-order valence-electron chi connectivity index (χ3n) is 2.45. The van der Waals surface area contributed by atoms with Crippen molar-refractivity contribution in [3.05, 3.63) is 0 Å². The predicted octanol–water partition coefficient (Wildman–Crippen LogP) is 2.18. The van der Waals surface area contributed by atoms with Crippen molar-refractivity contribution in [3.8, 4) is 6.07 Å². The normalized spacial score (nSPS) is 21.8. The van der Waals surface area contributed by atoms with Crippen molar-refractivity contribution in [3.63, 3.8) is 0 Å². The van der Waals surface area contributed by atoms with E-state index in [1.54, 1.807) is 0 Å². The van der Waals surface area contributed by atoms with E-state index in [1.807, 2.05) is 0 Å². The van der Waals surface area contributed by atoms with Crippen LogP contribution in [0.3, 0.4) is 0 Å². The first-order chi connectivity index (χ1) is 6.62. The van der Waals surface area contributed by atoms with Crippen molar-refractivity contribution >= 4 is 19.7 Å². The van der Waals surface area contributed by atoms with Crippen molar-refractivity contribution in [1.82, 2.24) is 0 Å². The molecule has 8 heteroatoms. The van der Waals surface area contributed by atoms with Gasteiger partial charge in [0.05, 0.1) is 10.8 Å². The molecule has 1 aliphatic carbocycles. The Morgan fingerprint density at radius 3 is 2.13 bits per heavy atom. The van der Waals surface area contributed by atoms with Crippen LogP contribution in [0, 0.1) is 17.2 Å². The molecule has 1 aliphatic rings. The lowest BCUT2D eigenvalue weighted by atomic mass is 10.0. The lowest BCUT2D eigenvalue weighted by molar-refractivity contribution is -0.160. The Kier molecular flexibility index (Phi) is 2.96. The van der Waals surface area contributed by atoms with E-state index in [-0.39, 0.29) is 12.8 Å². The van der Waals surface area contributed by atoms with Crippen LogP contribution in [0.4, 0.5) is 13.2 Å². The van der Waals surface area contributed by atoms with Crippen molar-refractivity contribution < 1.29 is 21.6 Å². The summed E-state index contributed by atoms with van der Waals surface area (Å²) >= 11 is 0. The molecule has 0 spiro atoms. The second-order valence-corrected chi connectivity index (χ2v) is 6.51. The van der Waals surface area contributed by atoms with Gasteiger partial charge >= 0.3 is 6.18 Å². The van der Waals surface area contributed by atoms with Crippen LogP contribution in [0.15, 0.2) is 0 Å². The topological polar surface area (TPSA) is 57.9 Å². The fraction of sp³-hybridized carbons (Fsp3) is 0.857. The predicted molar refractivity (Wildman–Crippen MR) is 46.5 cm³/mol. The van der Waals surface area contributed by atoms with Crippen LogP contribution in [0.5, 0.6) is 0 Å². The Morgan fingerprint density at radius 2 is 1.93 bits per heavy atom. The van der Waals surface area contributed by atoms with Crippen LogP contribution < -0.4 is 0 Å². The lowest BCUT2D eigenvalue weighted by Gasteiger charge is -2.17. The van der Waals surface area contributed by atoms with Crippen LogP contribution in [0.25, 0.3) is 0 Å². The maximum atomic E-state index is 12.2. The average molecular weight is 262 g/mol. The molecule has 0 saturated heterocycles. The molecule has 0 heterocycles. The van der Waals surface area contributed by atoms with E-state index >= 15 is 0 Å². The van der Waals surface area contributed by atoms with Crippen molar-refractivity contribution in [2.24, 2.45) is 5.92 Å². The van der Waals surface area contributed by atoms with Gasteiger partial charge in [-0.3, -0.25) is 0 Å². The Bertz CT molecular complexity index is 393. The summed E-state index contributed by atoms with van der Waals surface area (Å²) in [6, 6.07) is 1.06. The first-order valence-corrected chi connectivity index (χ1v) is 6.34. The molecule has 15 heavy (non-hydrogen) atoms. The third-order valence-corrected chi connectivity index (χ3v) is 5.04. The number of hydrogen-bond acceptors (Lipinski definition) is 3. The number of nitrogens with zero attached hydrogens (tertiary/aromatic N) is 1. The quantitative estimate of drug-likeness (QED) is 0.732. The molecule has 0 N–H and O–H groups in total. The van der Waals surface area contributed by atoms with Crippen molar-refractivity contribution in [2.75, 3.05) is 0 Å². The molecule has 0 aromatic carbocycles. The van der Waals surface area contributed by atoms with Crippen molar-refractivity contribution in [2.45, 2.75) is 30.2 Å². The Balaban J connectivity index is 2.84. The minimum absolute atomic E-state index is 0.0904. The van der Waals surface area contributed by atoms with Gasteiger partial charge in [0.2, 0.25) is 9.05 Å². The van der Waals surface area contributed by atoms with E-state index in [9.17, 15) is 21.6 Å². The molecule has 1 fully saturated rings.